The topological polar surface area (TPSA) is 49.3 Å². The van der Waals surface area contributed by atoms with Gasteiger partial charge < -0.3 is 9.80 Å². The van der Waals surface area contributed by atoms with Crippen LogP contribution in [0.3, 0.4) is 0 Å². The molecule has 0 aliphatic carbocycles. The number of likely N-dealkylation sites (tertiary alicyclic amines) is 1. The summed E-state index contributed by atoms with van der Waals surface area (Å²) in [5.41, 5.74) is 3.66. The monoisotopic (exact) mass is 386 g/mol. The van der Waals surface area contributed by atoms with E-state index in [1.54, 1.807) is 6.20 Å². The molecule has 4 rings (SSSR count). The number of amides is 1. The molecule has 2 aromatic carbocycles. The van der Waals surface area contributed by atoms with E-state index < -0.39 is 0 Å². The van der Waals surface area contributed by atoms with Crippen LogP contribution in [0.25, 0.3) is 11.4 Å². The minimum atomic E-state index is 0.0123. The average Bonchev–Trinajstić information content (AvgIpc) is 2.79. The molecule has 1 saturated heterocycles. The zero-order valence-corrected chi connectivity index (χ0v) is 17.0. The number of hydrogen-bond acceptors (Lipinski definition) is 4. The Bertz CT molecular complexity index is 980. The summed E-state index contributed by atoms with van der Waals surface area (Å²) < 4.78 is 0. The molecule has 1 aliphatic rings. The highest BCUT2D eigenvalue weighted by Crippen LogP contribution is 2.29. The van der Waals surface area contributed by atoms with Crippen LogP contribution < -0.4 is 4.90 Å². The third-order valence-corrected chi connectivity index (χ3v) is 5.41. The fourth-order valence-electron chi connectivity index (χ4n) is 3.66. The molecule has 1 aromatic heterocycles. The number of nitrogens with zero attached hydrogens (tertiary/aromatic N) is 4. The zero-order valence-electron chi connectivity index (χ0n) is 17.0. The number of anilines is 2. The van der Waals surface area contributed by atoms with Crippen LogP contribution in [0, 0.1) is 6.92 Å². The predicted octanol–water partition coefficient (Wildman–Crippen LogP) is 4.85. The molecule has 1 aliphatic heterocycles. The van der Waals surface area contributed by atoms with Gasteiger partial charge in [0, 0.05) is 37.6 Å². The van der Waals surface area contributed by atoms with Crippen molar-refractivity contribution in [3.63, 3.8) is 0 Å². The van der Waals surface area contributed by atoms with Crippen LogP contribution in [0.5, 0.6) is 0 Å². The van der Waals surface area contributed by atoms with Crippen molar-refractivity contribution in [1.29, 1.82) is 0 Å². The van der Waals surface area contributed by atoms with Gasteiger partial charge in [-0.25, -0.2) is 9.97 Å². The highest BCUT2D eigenvalue weighted by atomic mass is 16.2. The molecule has 2 heterocycles. The van der Waals surface area contributed by atoms with E-state index in [2.05, 4.69) is 36.2 Å². The number of rotatable bonds is 4. The van der Waals surface area contributed by atoms with Crippen molar-refractivity contribution in [3.8, 4) is 11.4 Å². The smallest absolute Gasteiger partial charge is 0.259 e. The van der Waals surface area contributed by atoms with Crippen LogP contribution in [-0.4, -0.2) is 40.9 Å². The molecule has 0 unspecified atom stereocenters. The summed E-state index contributed by atoms with van der Waals surface area (Å²) in [5, 5.41) is 0. The van der Waals surface area contributed by atoms with Crippen LogP contribution in [0.4, 0.5) is 11.5 Å². The van der Waals surface area contributed by atoms with Gasteiger partial charge in [-0.1, -0.05) is 48.0 Å². The molecular formula is C24H26N4O. The molecule has 1 amide bonds. The quantitative estimate of drug-likeness (QED) is 0.643. The van der Waals surface area contributed by atoms with Crippen molar-refractivity contribution in [2.45, 2.75) is 26.2 Å². The lowest BCUT2D eigenvalue weighted by Crippen LogP contribution is -2.36. The highest BCUT2D eigenvalue weighted by molar-refractivity contribution is 5.99. The summed E-state index contributed by atoms with van der Waals surface area (Å²) in [4.78, 5) is 26.5. The second-order valence-electron chi connectivity index (χ2n) is 7.54. The van der Waals surface area contributed by atoms with Crippen molar-refractivity contribution in [1.82, 2.24) is 14.9 Å². The molecular weight excluding hydrogens is 360 g/mol. The fourth-order valence-corrected chi connectivity index (χ4v) is 3.66. The minimum absolute atomic E-state index is 0.0123. The van der Waals surface area contributed by atoms with Crippen molar-refractivity contribution in [2.24, 2.45) is 0 Å². The minimum Gasteiger partial charge on any atom is -0.338 e. The van der Waals surface area contributed by atoms with Crippen LogP contribution >= 0.6 is 0 Å². The maximum atomic E-state index is 13.3. The van der Waals surface area contributed by atoms with Crippen LogP contribution in [-0.2, 0) is 0 Å². The molecule has 0 saturated carbocycles. The van der Waals surface area contributed by atoms with Gasteiger partial charge in [0.05, 0.1) is 0 Å². The predicted molar refractivity (Wildman–Crippen MR) is 116 cm³/mol. The van der Waals surface area contributed by atoms with Gasteiger partial charge in [0.15, 0.2) is 5.82 Å². The van der Waals surface area contributed by atoms with Gasteiger partial charge in [-0.15, -0.1) is 0 Å². The maximum absolute atomic E-state index is 13.3. The van der Waals surface area contributed by atoms with Crippen LogP contribution in [0.1, 0.15) is 35.2 Å². The Morgan fingerprint density at radius 3 is 2.34 bits per heavy atom. The van der Waals surface area contributed by atoms with E-state index in [0.717, 1.165) is 37.2 Å². The summed E-state index contributed by atoms with van der Waals surface area (Å²) in [6.07, 6.45) is 4.98. The molecule has 0 atom stereocenters. The Labute approximate surface area is 172 Å². The van der Waals surface area contributed by atoms with Crippen molar-refractivity contribution >= 4 is 17.4 Å². The average molecular weight is 386 g/mol. The van der Waals surface area contributed by atoms with Gasteiger partial charge in [-0.2, -0.15) is 0 Å². The Hall–Kier alpha value is -3.21. The lowest BCUT2D eigenvalue weighted by molar-refractivity contribution is 0.0724. The fraction of sp³-hybridized carbons (Fsp3) is 0.292. The van der Waals surface area contributed by atoms with E-state index in [1.165, 1.54) is 12.0 Å². The second kappa shape index (κ2) is 8.43. The molecule has 29 heavy (non-hydrogen) atoms. The van der Waals surface area contributed by atoms with Gasteiger partial charge in [0.2, 0.25) is 0 Å². The number of aryl methyl sites for hydroxylation is 1. The zero-order chi connectivity index (χ0) is 20.2. The number of hydrogen-bond donors (Lipinski definition) is 0. The molecule has 0 N–H and O–H groups in total. The van der Waals surface area contributed by atoms with E-state index in [1.807, 2.05) is 47.2 Å². The second-order valence-corrected chi connectivity index (χ2v) is 7.54. The van der Waals surface area contributed by atoms with Crippen LogP contribution in [0.2, 0.25) is 0 Å². The summed E-state index contributed by atoms with van der Waals surface area (Å²) in [5.74, 6) is 1.27. The maximum Gasteiger partial charge on any atom is 0.259 e. The Morgan fingerprint density at radius 1 is 0.966 bits per heavy atom. The standard InChI is InChI=1S/C24H26N4O/c1-18-11-13-20(14-12-18)27(2)23-21(24(29)28-15-7-4-8-16-28)17-25-22(26-23)19-9-5-3-6-10-19/h3,5-6,9-14,17H,4,7-8,15-16H2,1-2H3. The molecule has 3 aromatic rings. The Morgan fingerprint density at radius 2 is 1.66 bits per heavy atom. The van der Waals surface area contributed by atoms with Gasteiger partial charge in [-0.05, 0) is 38.3 Å². The van der Waals surface area contributed by atoms with E-state index in [9.17, 15) is 4.79 Å². The van der Waals surface area contributed by atoms with Gasteiger partial charge in [0.1, 0.15) is 11.4 Å². The summed E-state index contributed by atoms with van der Waals surface area (Å²) in [7, 11) is 1.95. The number of carbonyl (C=O) groups excluding carboxylic acids is 1. The van der Waals surface area contributed by atoms with Crippen molar-refractivity contribution < 1.29 is 4.79 Å². The van der Waals surface area contributed by atoms with E-state index in [-0.39, 0.29) is 5.91 Å². The Kier molecular flexibility index (Phi) is 5.56. The lowest BCUT2D eigenvalue weighted by atomic mass is 10.1. The number of aromatic nitrogens is 2. The third kappa shape index (κ3) is 4.14. The number of piperidine rings is 1. The van der Waals surface area contributed by atoms with Gasteiger partial charge in [-0.3, -0.25) is 4.79 Å². The van der Waals surface area contributed by atoms with E-state index >= 15 is 0 Å². The largest absolute Gasteiger partial charge is 0.338 e. The first-order chi connectivity index (χ1) is 14.1. The van der Waals surface area contributed by atoms with Crippen molar-refractivity contribution in [2.75, 3.05) is 25.0 Å². The van der Waals surface area contributed by atoms with Crippen LogP contribution in [0.15, 0.2) is 60.8 Å². The first kappa shape index (κ1) is 19.1. The van der Waals surface area contributed by atoms with E-state index in [4.69, 9.17) is 4.98 Å². The Balaban J connectivity index is 1.77. The molecule has 5 nitrogen and oxygen atoms in total. The molecule has 0 bridgehead atoms. The molecule has 1 fully saturated rings. The normalized spacial score (nSPS) is 13.9. The summed E-state index contributed by atoms with van der Waals surface area (Å²) in [6, 6.07) is 18.1. The SMILES string of the molecule is Cc1ccc(N(C)c2nc(-c3ccccc3)ncc2C(=O)N2CCCCC2)cc1. The molecule has 5 heteroatoms. The first-order valence-electron chi connectivity index (χ1n) is 10.2. The first-order valence-corrected chi connectivity index (χ1v) is 10.2. The highest BCUT2D eigenvalue weighted by Gasteiger charge is 2.25. The molecule has 148 valence electrons. The number of benzene rings is 2. The van der Waals surface area contributed by atoms with E-state index in [0.29, 0.717) is 17.2 Å². The molecule has 0 radical (unpaired) electrons. The van der Waals surface area contributed by atoms with Gasteiger partial charge >= 0.3 is 0 Å². The summed E-state index contributed by atoms with van der Waals surface area (Å²) in [6.45, 7) is 3.66. The van der Waals surface area contributed by atoms with Crippen molar-refractivity contribution in [3.05, 3.63) is 71.9 Å². The lowest BCUT2D eigenvalue weighted by Gasteiger charge is -2.29. The number of carbonyl (C=O) groups is 1. The summed E-state index contributed by atoms with van der Waals surface area (Å²) >= 11 is 0. The third-order valence-electron chi connectivity index (χ3n) is 5.41. The van der Waals surface area contributed by atoms with Gasteiger partial charge in [0.25, 0.3) is 5.91 Å². The molecule has 0 spiro atoms.